The first kappa shape index (κ1) is 10.4. The minimum Gasteiger partial charge on any atom is -0.299 e. The van der Waals surface area contributed by atoms with Crippen LogP contribution in [0.1, 0.15) is 31.4 Å². The Kier molecular flexibility index (Phi) is 2.41. The summed E-state index contributed by atoms with van der Waals surface area (Å²) in [6, 6.07) is 8.26. The summed E-state index contributed by atoms with van der Waals surface area (Å²) in [6.07, 6.45) is 1.67. The van der Waals surface area contributed by atoms with Gasteiger partial charge in [0.15, 0.2) is 0 Å². The van der Waals surface area contributed by atoms with Gasteiger partial charge < -0.3 is 0 Å². The fourth-order valence-corrected chi connectivity index (χ4v) is 2.05. The maximum Gasteiger partial charge on any atom is 0.140 e. The van der Waals surface area contributed by atoms with E-state index in [9.17, 15) is 4.79 Å². The summed E-state index contributed by atoms with van der Waals surface area (Å²) < 4.78 is 0. The Morgan fingerprint density at radius 3 is 2.33 bits per heavy atom. The van der Waals surface area contributed by atoms with Crippen LogP contribution in [0.5, 0.6) is 0 Å². The molecule has 1 saturated carbocycles. The molecule has 1 heteroatoms. The second-order valence-electron chi connectivity index (χ2n) is 5.37. The largest absolute Gasteiger partial charge is 0.299 e. The maximum absolute atomic E-state index is 11.9. The summed E-state index contributed by atoms with van der Waals surface area (Å²) in [6.45, 7) is 6.41. The first-order valence-corrected chi connectivity index (χ1v) is 5.57. The van der Waals surface area contributed by atoms with Crippen molar-refractivity contribution in [3.05, 3.63) is 35.4 Å². The van der Waals surface area contributed by atoms with Crippen LogP contribution in [0, 0.1) is 18.3 Å². The molecule has 80 valence electrons. The molecule has 1 fully saturated rings. The van der Waals surface area contributed by atoms with E-state index in [1.807, 2.05) is 0 Å². The van der Waals surface area contributed by atoms with Crippen LogP contribution in [0.15, 0.2) is 24.3 Å². The molecule has 1 aliphatic carbocycles. The van der Waals surface area contributed by atoms with E-state index in [0.29, 0.717) is 18.1 Å². The van der Waals surface area contributed by atoms with Crippen molar-refractivity contribution in [2.75, 3.05) is 0 Å². The Labute approximate surface area is 91.5 Å². The molecule has 0 bridgehead atoms. The van der Waals surface area contributed by atoms with Gasteiger partial charge in [0, 0.05) is 12.3 Å². The molecule has 1 nitrogen and oxygen atoms in total. The van der Waals surface area contributed by atoms with Crippen molar-refractivity contribution < 1.29 is 4.79 Å². The minimum absolute atomic E-state index is 0.266. The number of hydrogen-bond acceptors (Lipinski definition) is 1. The smallest absolute Gasteiger partial charge is 0.140 e. The van der Waals surface area contributed by atoms with Crippen molar-refractivity contribution >= 4 is 5.78 Å². The minimum atomic E-state index is 0.266. The third-order valence-corrected chi connectivity index (χ3v) is 3.40. The van der Waals surface area contributed by atoms with Crippen LogP contribution in [0.4, 0.5) is 0 Å². The zero-order valence-corrected chi connectivity index (χ0v) is 9.71. The second-order valence-corrected chi connectivity index (χ2v) is 5.37. The van der Waals surface area contributed by atoms with Crippen LogP contribution in [0.2, 0.25) is 0 Å². The molecule has 0 N–H and O–H groups in total. The lowest BCUT2D eigenvalue weighted by atomic mass is 10.0. The first-order chi connectivity index (χ1) is 6.99. The van der Waals surface area contributed by atoms with Crippen molar-refractivity contribution in [3.63, 3.8) is 0 Å². The van der Waals surface area contributed by atoms with Gasteiger partial charge in [-0.1, -0.05) is 43.7 Å². The van der Waals surface area contributed by atoms with Crippen LogP contribution in [-0.4, -0.2) is 5.78 Å². The normalized spacial score (nSPS) is 22.5. The molecule has 1 unspecified atom stereocenters. The van der Waals surface area contributed by atoms with Crippen LogP contribution < -0.4 is 0 Å². The molecule has 0 spiro atoms. The van der Waals surface area contributed by atoms with Gasteiger partial charge in [0.1, 0.15) is 5.78 Å². The number of hydrogen-bond donors (Lipinski definition) is 0. The highest BCUT2D eigenvalue weighted by Gasteiger charge is 2.49. The van der Waals surface area contributed by atoms with E-state index >= 15 is 0 Å². The Morgan fingerprint density at radius 1 is 1.33 bits per heavy atom. The number of Topliss-reactive ketones (excluding diaryl/α,β-unsaturated/α-hetero) is 1. The standard InChI is InChI=1S/C14H18O/c1-10-4-6-11(7-5-10)8-13(15)12-9-14(12,2)3/h4-7,12H,8-9H2,1-3H3. The van der Waals surface area contributed by atoms with E-state index in [4.69, 9.17) is 0 Å². The summed E-state index contributed by atoms with van der Waals surface area (Å²) in [7, 11) is 0. The summed E-state index contributed by atoms with van der Waals surface area (Å²) in [5, 5.41) is 0. The summed E-state index contributed by atoms with van der Waals surface area (Å²) >= 11 is 0. The lowest BCUT2D eigenvalue weighted by molar-refractivity contribution is -0.120. The molecule has 0 aliphatic heterocycles. The molecule has 0 amide bonds. The second kappa shape index (κ2) is 3.48. The average molecular weight is 202 g/mol. The van der Waals surface area contributed by atoms with Crippen LogP contribution in [-0.2, 0) is 11.2 Å². The topological polar surface area (TPSA) is 17.1 Å². The number of rotatable bonds is 3. The third-order valence-electron chi connectivity index (χ3n) is 3.40. The Morgan fingerprint density at radius 2 is 1.87 bits per heavy atom. The van der Waals surface area contributed by atoms with E-state index in [1.54, 1.807) is 0 Å². The van der Waals surface area contributed by atoms with Gasteiger partial charge in [-0.3, -0.25) is 4.79 Å². The quantitative estimate of drug-likeness (QED) is 0.736. The van der Waals surface area contributed by atoms with Gasteiger partial charge in [-0.25, -0.2) is 0 Å². The predicted octanol–water partition coefficient (Wildman–Crippen LogP) is 3.15. The number of carbonyl (C=O) groups excluding carboxylic acids is 1. The summed E-state index contributed by atoms with van der Waals surface area (Å²) in [4.78, 5) is 11.9. The van der Waals surface area contributed by atoms with Gasteiger partial charge in [0.05, 0.1) is 0 Å². The fraction of sp³-hybridized carbons (Fsp3) is 0.500. The van der Waals surface area contributed by atoms with Gasteiger partial charge in [-0.05, 0) is 24.3 Å². The van der Waals surface area contributed by atoms with Gasteiger partial charge in [-0.2, -0.15) is 0 Å². The highest BCUT2D eigenvalue weighted by atomic mass is 16.1. The number of benzene rings is 1. The molecule has 15 heavy (non-hydrogen) atoms. The van der Waals surface area contributed by atoms with E-state index < -0.39 is 0 Å². The van der Waals surface area contributed by atoms with Crippen molar-refractivity contribution in [1.29, 1.82) is 0 Å². The van der Waals surface area contributed by atoms with Crippen LogP contribution in [0.3, 0.4) is 0 Å². The van der Waals surface area contributed by atoms with Crippen molar-refractivity contribution in [2.45, 2.75) is 33.6 Å². The first-order valence-electron chi connectivity index (χ1n) is 5.57. The van der Waals surface area contributed by atoms with Crippen molar-refractivity contribution in [1.82, 2.24) is 0 Å². The molecule has 0 aromatic heterocycles. The number of aryl methyl sites for hydroxylation is 1. The van der Waals surface area contributed by atoms with Crippen molar-refractivity contribution in [3.8, 4) is 0 Å². The Bertz CT molecular complexity index is 373. The fourth-order valence-electron chi connectivity index (χ4n) is 2.05. The highest BCUT2D eigenvalue weighted by molar-refractivity contribution is 5.86. The third kappa shape index (κ3) is 2.28. The monoisotopic (exact) mass is 202 g/mol. The molecule has 0 heterocycles. The number of carbonyl (C=O) groups is 1. The highest BCUT2D eigenvalue weighted by Crippen LogP contribution is 2.52. The van der Waals surface area contributed by atoms with Gasteiger partial charge in [0.25, 0.3) is 0 Å². The zero-order valence-electron chi connectivity index (χ0n) is 9.71. The Balaban J connectivity index is 1.98. The maximum atomic E-state index is 11.9. The van der Waals surface area contributed by atoms with Gasteiger partial charge in [0.2, 0.25) is 0 Å². The molecule has 2 rings (SSSR count). The molecule has 1 atom stereocenters. The van der Waals surface area contributed by atoms with Crippen LogP contribution in [0.25, 0.3) is 0 Å². The lowest BCUT2D eigenvalue weighted by Crippen LogP contribution is -2.09. The molecular formula is C14H18O. The molecule has 0 radical (unpaired) electrons. The molecule has 1 aliphatic rings. The van der Waals surface area contributed by atoms with Crippen LogP contribution >= 0.6 is 0 Å². The molecule has 1 aromatic rings. The zero-order chi connectivity index (χ0) is 11.1. The van der Waals surface area contributed by atoms with E-state index in [1.165, 1.54) is 5.56 Å². The molecule has 0 saturated heterocycles. The average Bonchev–Trinajstić information content (AvgIpc) is 2.79. The summed E-state index contributed by atoms with van der Waals surface area (Å²) in [5.74, 6) is 0.711. The van der Waals surface area contributed by atoms with Crippen molar-refractivity contribution in [2.24, 2.45) is 11.3 Å². The van der Waals surface area contributed by atoms with E-state index in [2.05, 4.69) is 45.0 Å². The van der Waals surface area contributed by atoms with Gasteiger partial charge in [-0.15, -0.1) is 0 Å². The lowest BCUT2D eigenvalue weighted by Gasteiger charge is -2.03. The predicted molar refractivity (Wildman–Crippen MR) is 61.8 cm³/mol. The molecule has 1 aromatic carbocycles. The number of ketones is 1. The van der Waals surface area contributed by atoms with Gasteiger partial charge >= 0.3 is 0 Å². The van der Waals surface area contributed by atoms with E-state index in [-0.39, 0.29) is 5.41 Å². The SMILES string of the molecule is Cc1ccc(CC(=O)C2CC2(C)C)cc1. The Hall–Kier alpha value is -1.11. The van der Waals surface area contributed by atoms with E-state index in [0.717, 1.165) is 12.0 Å². The molecular weight excluding hydrogens is 184 g/mol. The summed E-state index contributed by atoms with van der Waals surface area (Å²) in [5.41, 5.74) is 2.66.